The van der Waals surface area contributed by atoms with E-state index in [2.05, 4.69) is 14.3 Å². The Labute approximate surface area is 266 Å². The van der Waals surface area contributed by atoms with Gasteiger partial charge in [-0.25, -0.2) is 37.2 Å². The summed E-state index contributed by atoms with van der Waals surface area (Å²) in [5, 5.41) is 11.5. The van der Waals surface area contributed by atoms with Crippen LogP contribution in [0.5, 0.6) is 0 Å². The molecule has 0 unspecified atom stereocenters. The minimum absolute atomic E-state index is 0.594. The number of carbonyl (C=O) groups is 3. The van der Waals surface area contributed by atoms with Crippen LogP contribution in [0.4, 0.5) is 14.0 Å². The third-order valence-electron chi connectivity index (χ3n) is 5.84. The largest absolute Gasteiger partial charge is 0.510 e. The number of halogens is 2. The van der Waals surface area contributed by atoms with Crippen LogP contribution in [0.15, 0.2) is 21.9 Å². The lowest BCUT2D eigenvalue weighted by Crippen LogP contribution is -2.56. The van der Waals surface area contributed by atoms with E-state index in [0.717, 1.165) is 19.2 Å². The van der Waals surface area contributed by atoms with Gasteiger partial charge in [-0.1, -0.05) is 0 Å². The number of aromatic amines is 1. The molecule has 22 heteroatoms. The number of aliphatic hydroxyl groups is 1. The van der Waals surface area contributed by atoms with E-state index < -0.39 is 106 Å². The van der Waals surface area contributed by atoms with Crippen molar-refractivity contribution in [3.05, 3.63) is 33.1 Å². The van der Waals surface area contributed by atoms with Crippen molar-refractivity contribution in [3.8, 4) is 0 Å². The normalized spacial score (nSPS) is 23.6. The zero-order chi connectivity index (χ0) is 34.9. The van der Waals surface area contributed by atoms with Crippen LogP contribution in [0.3, 0.4) is 0 Å². The number of carbonyl (C=O) groups excluding carboxylic acids is 3. The number of alkyl halides is 1. The number of phosphoric ester groups is 1. The van der Waals surface area contributed by atoms with Crippen molar-refractivity contribution in [3.63, 3.8) is 0 Å². The van der Waals surface area contributed by atoms with Gasteiger partial charge in [-0.3, -0.25) is 23.7 Å². The lowest BCUT2D eigenvalue weighted by Gasteiger charge is -2.35. The van der Waals surface area contributed by atoms with E-state index in [-0.39, 0.29) is 0 Å². The molecule has 2 heterocycles. The molecule has 0 amide bonds. The second kappa shape index (κ2) is 16.6. The van der Waals surface area contributed by atoms with Crippen LogP contribution in [0.1, 0.15) is 47.8 Å². The van der Waals surface area contributed by atoms with E-state index in [0.29, 0.717) is 4.57 Å². The first-order valence-electron chi connectivity index (χ1n) is 13.4. The number of ether oxygens (including phenoxy) is 6. The van der Waals surface area contributed by atoms with Crippen LogP contribution in [0.25, 0.3) is 0 Å². The Kier molecular flexibility index (Phi) is 14.1. The first kappa shape index (κ1) is 39.1. The summed E-state index contributed by atoms with van der Waals surface area (Å²) in [7, 11) is -5.03. The van der Waals surface area contributed by atoms with Crippen molar-refractivity contribution < 1.29 is 70.4 Å². The molecule has 0 aliphatic carbocycles. The highest BCUT2D eigenvalue weighted by atomic mass is 35.5. The van der Waals surface area contributed by atoms with Crippen molar-refractivity contribution in [2.24, 2.45) is 0 Å². The fraction of sp³-hybridized carbons (Fsp3) is 0.708. The molecular formula is C24H36ClFN3O16P. The summed E-state index contributed by atoms with van der Waals surface area (Å²) in [6, 6.07) is -0.314. The molecule has 2 rings (SSSR count). The maximum Gasteiger partial charge on any atom is 0.510 e. The van der Waals surface area contributed by atoms with Crippen LogP contribution in [0.2, 0.25) is 0 Å². The Morgan fingerprint density at radius 2 is 1.63 bits per heavy atom. The Bertz CT molecular complexity index is 1340. The summed E-state index contributed by atoms with van der Waals surface area (Å²) in [6.45, 7) is 3.28. The Morgan fingerprint density at radius 3 is 2.09 bits per heavy atom. The Hall–Kier alpha value is -3.10. The molecule has 0 bridgehead atoms. The lowest BCUT2D eigenvalue weighted by molar-refractivity contribution is -0.177. The highest BCUT2D eigenvalue weighted by Gasteiger charge is 2.65. The molecule has 0 radical (unpaired) electrons. The third kappa shape index (κ3) is 10.5. The molecule has 1 aromatic heterocycles. The van der Waals surface area contributed by atoms with Crippen molar-refractivity contribution in [1.82, 2.24) is 14.4 Å². The highest BCUT2D eigenvalue weighted by Crippen LogP contribution is 2.53. The molecule has 1 fully saturated rings. The van der Waals surface area contributed by atoms with Gasteiger partial charge in [-0.15, -0.1) is 0 Å². The van der Waals surface area contributed by atoms with Gasteiger partial charge in [0.25, 0.3) is 5.56 Å². The van der Waals surface area contributed by atoms with Gasteiger partial charge in [0, 0.05) is 12.3 Å². The van der Waals surface area contributed by atoms with Crippen LogP contribution in [-0.2, 0) is 51.4 Å². The van der Waals surface area contributed by atoms with Gasteiger partial charge in [0.15, 0.2) is 17.9 Å². The first-order chi connectivity index (χ1) is 21.4. The molecule has 1 saturated heterocycles. The number of nitrogens with one attached hydrogen (secondary N) is 2. The van der Waals surface area contributed by atoms with E-state index in [9.17, 15) is 33.6 Å². The van der Waals surface area contributed by atoms with E-state index in [1.165, 1.54) is 34.6 Å². The van der Waals surface area contributed by atoms with Crippen LogP contribution in [-0.4, -0.2) is 95.4 Å². The predicted molar refractivity (Wildman–Crippen MR) is 150 cm³/mol. The average molecular weight is 708 g/mol. The maximum atomic E-state index is 15.0. The second-order valence-electron chi connectivity index (χ2n) is 10.4. The number of hydrogen-bond donors (Lipinski definition) is 3. The van der Waals surface area contributed by atoms with Gasteiger partial charge in [-0.05, 0) is 53.3 Å². The van der Waals surface area contributed by atoms with Gasteiger partial charge in [0.05, 0.1) is 18.8 Å². The molecule has 3 N–H and O–H groups in total. The smallest absolute Gasteiger partial charge is 0.455 e. The fourth-order valence-electron chi connectivity index (χ4n) is 3.79. The molecule has 46 heavy (non-hydrogen) atoms. The quantitative estimate of drug-likeness (QED) is 0.0729. The summed E-state index contributed by atoms with van der Waals surface area (Å²) in [5.41, 5.74) is -6.92. The van der Waals surface area contributed by atoms with E-state index in [1.807, 2.05) is 4.98 Å². The van der Waals surface area contributed by atoms with Crippen molar-refractivity contribution >= 4 is 37.9 Å². The molecule has 5 atom stereocenters. The SMILES string of the molecule is CC(C)OC(=O)OCOP(=O)(OCOC(=O)OC(C)C)OC[C@@]1(CF)O[C@@H](n2ccc(=O)[nH]c2=O)[C@](C)(O)[C@@H]1OC(=O)[C@H](C)NCl. The summed E-state index contributed by atoms with van der Waals surface area (Å²) in [5.74, 6) is -1.12. The fourth-order valence-corrected chi connectivity index (χ4v) is 4.84. The van der Waals surface area contributed by atoms with Crippen molar-refractivity contribution in [2.75, 3.05) is 26.9 Å². The topological polar surface area (TPSA) is 238 Å². The zero-order valence-electron chi connectivity index (χ0n) is 25.6. The molecule has 1 aliphatic rings. The molecule has 19 nitrogen and oxygen atoms in total. The molecule has 0 saturated carbocycles. The van der Waals surface area contributed by atoms with Gasteiger partial charge in [0.1, 0.15) is 18.3 Å². The van der Waals surface area contributed by atoms with Crippen LogP contribution in [0, 0.1) is 0 Å². The number of hydrogen-bond acceptors (Lipinski definition) is 17. The minimum atomic E-state index is -5.03. The number of H-pyrrole nitrogens is 1. The van der Waals surface area contributed by atoms with E-state index in [4.69, 9.17) is 44.3 Å². The zero-order valence-corrected chi connectivity index (χ0v) is 27.2. The minimum Gasteiger partial charge on any atom is -0.455 e. The number of esters is 1. The van der Waals surface area contributed by atoms with E-state index in [1.54, 1.807) is 0 Å². The van der Waals surface area contributed by atoms with Gasteiger partial charge >= 0.3 is 31.8 Å². The third-order valence-corrected chi connectivity index (χ3v) is 7.46. The monoisotopic (exact) mass is 707 g/mol. The van der Waals surface area contributed by atoms with Crippen LogP contribution < -0.4 is 16.1 Å². The maximum absolute atomic E-state index is 15.0. The predicted octanol–water partition coefficient (Wildman–Crippen LogP) is 1.76. The van der Waals surface area contributed by atoms with Crippen molar-refractivity contribution in [1.29, 1.82) is 0 Å². The molecule has 1 aromatic rings. The number of aromatic nitrogens is 2. The Morgan fingerprint density at radius 1 is 1.09 bits per heavy atom. The first-order valence-corrected chi connectivity index (χ1v) is 15.3. The molecule has 0 aromatic carbocycles. The molecular weight excluding hydrogens is 672 g/mol. The average Bonchev–Trinajstić information content (AvgIpc) is 3.17. The molecule has 0 spiro atoms. The number of phosphoric acid groups is 1. The number of rotatable bonds is 16. The van der Waals surface area contributed by atoms with Crippen molar-refractivity contribution in [2.45, 2.75) is 83.3 Å². The summed E-state index contributed by atoms with van der Waals surface area (Å²) < 4.78 is 74.3. The van der Waals surface area contributed by atoms with E-state index >= 15 is 4.39 Å². The molecule has 262 valence electrons. The van der Waals surface area contributed by atoms with Crippen LogP contribution >= 0.6 is 19.6 Å². The summed E-state index contributed by atoms with van der Waals surface area (Å²) >= 11 is 5.50. The summed E-state index contributed by atoms with van der Waals surface area (Å²) in [6.07, 6.45) is -6.62. The van der Waals surface area contributed by atoms with Gasteiger partial charge < -0.3 is 33.5 Å². The highest BCUT2D eigenvalue weighted by molar-refractivity contribution is 7.48. The lowest BCUT2D eigenvalue weighted by atomic mass is 9.88. The number of nitrogens with zero attached hydrogens (tertiary/aromatic N) is 1. The Balaban J connectivity index is 2.44. The van der Waals surface area contributed by atoms with Gasteiger partial charge in [0.2, 0.25) is 13.6 Å². The summed E-state index contributed by atoms with van der Waals surface area (Å²) in [4.78, 5) is 64.4. The second-order valence-corrected chi connectivity index (χ2v) is 12.3. The molecule has 1 aliphatic heterocycles. The van der Waals surface area contributed by atoms with Gasteiger partial charge in [-0.2, -0.15) is 0 Å². The standard InChI is InChI=1S/C24H36ClFN3O16P/c1-13(2)42-21(33)37-11-40-46(36,41-12-38-22(34)43-14(3)4)39-10-24(9-26)18(44-17(31)15(5)28-25)23(6,35)19(45-24)29-8-7-16(30)27-20(29)32/h7-8,13-15,18-19,28,35H,9-12H2,1-6H3,(H,27,30,32)/t15-,18-,19+,23+,24+/m0/s1.